The first-order valence-electron chi connectivity index (χ1n) is 8.88. The fourth-order valence-corrected chi connectivity index (χ4v) is 3.69. The SMILES string of the molecule is CCC(C(=O)N[C@H](C(=O)NC)C(C)(C)C)[C@@H](C(=O)O)C1CCCC1. The monoisotopic (exact) mass is 340 g/mol. The Labute approximate surface area is 144 Å². The van der Waals surface area contributed by atoms with Gasteiger partial charge in [0.25, 0.3) is 0 Å². The molecule has 0 aliphatic heterocycles. The maximum Gasteiger partial charge on any atom is 0.307 e. The number of carbonyl (C=O) groups excluding carboxylic acids is 2. The molecule has 6 heteroatoms. The molecule has 0 heterocycles. The highest BCUT2D eigenvalue weighted by molar-refractivity contribution is 5.90. The van der Waals surface area contributed by atoms with Gasteiger partial charge in [-0.05, 0) is 30.6 Å². The highest BCUT2D eigenvalue weighted by atomic mass is 16.4. The molecule has 1 aliphatic rings. The lowest BCUT2D eigenvalue weighted by Gasteiger charge is -2.33. The van der Waals surface area contributed by atoms with E-state index in [1.165, 1.54) is 7.05 Å². The average molecular weight is 340 g/mol. The minimum absolute atomic E-state index is 0.0475. The second-order valence-electron chi connectivity index (χ2n) is 7.85. The van der Waals surface area contributed by atoms with E-state index in [9.17, 15) is 19.5 Å². The second kappa shape index (κ2) is 8.49. The number of aliphatic carboxylic acids is 1. The summed E-state index contributed by atoms with van der Waals surface area (Å²) in [5.41, 5.74) is -0.458. The van der Waals surface area contributed by atoms with Crippen molar-refractivity contribution < 1.29 is 19.5 Å². The first-order chi connectivity index (χ1) is 11.1. The second-order valence-corrected chi connectivity index (χ2v) is 7.85. The number of carbonyl (C=O) groups is 3. The molecule has 1 saturated carbocycles. The van der Waals surface area contributed by atoms with Gasteiger partial charge in [-0.3, -0.25) is 14.4 Å². The number of hydrogen-bond acceptors (Lipinski definition) is 3. The Morgan fingerprint density at radius 2 is 1.67 bits per heavy atom. The third-order valence-corrected chi connectivity index (χ3v) is 5.06. The van der Waals surface area contributed by atoms with Crippen molar-refractivity contribution in [2.45, 2.75) is 65.8 Å². The van der Waals surface area contributed by atoms with E-state index in [0.29, 0.717) is 6.42 Å². The minimum atomic E-state index is -0.906. The summed E-state index contributed by atoms with van der Waals surface area (Å²) in [5.74, 6) is -2.75. The molecule has 0 bridgehead atoms. The number of amides is 2. The van der Waals surface area contributed by atoms with Crippen molar-refractivity contribution in [1.29, 1.82) is 0 Å². The zero-order valence-corrected chi connectivity index (χ0v) is 15.5. The van der Waals surface area contributed by atoms with Crippen molar-refractivity contribution in [3.05, 3.63) is 0 Å². The predicted octanol–water partition coefficient (Wildman–Crippen LogP) is 2.18. The molecule has 138 valence electrons. The van der Waals surface area contributed by atoms with Crippen molar-refractivity contribution in [2.24, 2.45) is 23.2 Å². The summed E-state index contributed by atoms with van der Waals surface area (Å²) in [6.07, 6.45) is 4.21. The number of carboxylic acids is 1. The van der Waals surface area contributed by atoms with E-state index >= 15 is 0 Å². The Morgan fingerprint density at radius 3 is 2.04 bits per heavy atom. The van der Waals surface area contributed by atoms with Gasteiger partial charge >= 0.3 is 5.97 Å². The number of carboxylic acid groups (broad SMARTS) is 1. The number of hydrogen-bond donors (Lipinski definition) is 3. The third-order valence-electron chi connectivity index (χ3n) is 5.06. The van der Waals surface area contributed by atoms with Crippen molar-refractivity contribution >= 4 is 17.8 Å². The highest BCUT2D eigenvalue weighted by Crippen LogP contribution is 2.37. The standard InChI is InChI=1S/C18H32N2O4/c1-6-12(13(17(23)24)11-9-7-8-10-11)15(21)20-14(16(22)19-5)18(2,3)4/h11-14H,6-10H2,1-5H3,(H,19,22)(H,20,21)(H,23,24)/t12?,13-,14+/m0/s1. The van der Waals surface area contributed by atoms with E-state index in [2.05, 4.69) is 10.6 Å². The molecule has 0 aromatic carbocycles. The van der Waals surface area contributed by atoms with Crippen LogP contribution in [0.25, 0.3) is 0 Å². The van der Waals surface area contributed by atoms with E-state index in [1.54, 1.807) is 0 Å². The van der Waals surface area contributed by atoms with E-state index in [1.807, 2.05) is 27.7 Å². The molecule has 1 aliphatic carbocycles. The molecule has 3 atom stereocenters. The minimum Gasteiger partial charge on any atom is -0.481 e. The van der Waals surface area contributed by atoms with E-state index in [0.717, 1.165) is 25.7 Å². The van der Waals surface area contributed by atoms with Gasteiger partial charge in [-0.15, -0.1) is 0 Å². The smallest absolute Gasteiger partial charge is 0.307 e. The van der Waals surface area contributed by atoms with Gasteiger partial charge in [0.15, 0.2) is 0 Å². The van der Waals surface area contributed by atoms with Gasteiger partial charge in [0.2, 0.25) is 11.8 Å². The predicted molar refractivity (Wildman–Crippen MR) is 92.3 cm³/mol. The molecule has 0 radical (unpaired) electrons. The first-order valence-corrected chi connectivity index (χ1v) is 8.88. The lowest BCUT2D eigenvalue weighted by molar-refractivity contribution is -0.150. The average Bonchev–Trinajstić information content (AvgIpc) is 3.01. The van der Waals surface area contributed by atoms with Gasteiger partial charge in [-0.1, -0.05) is 40.5 Å². The van der Waals surface area contributed by atoms with Crippen molar-refractivity contribution in [3.8, 4) is 0 Å². The Bertz CT molecular complexity index is 464. The summed E-state index contributed by atoms with van der Waals surface area (Å²) in [6, 6.07) is -0.693. The molecule has 1 unspecified atom stereocenters. The molecule has 1 rings (SSSR count). The molecule has 0 spiro atoms. The maximum absolute atomic E-state index is 12.8. The van der Waals surface area contributed by atoms with Crippen LogP contribution in [0.4, 0.5) is 0 Å². The Kier molecular flexibility index (Phi) is 7.24. The van der Waals surface area contributed by atoms with Crippen LogP contribution in [0.1, 0.15) is 59.8 Å². The molecule has 0 saturated heterocycles. The highest BCUT2D eigenvalue weighted by Gasteiger charge is 2.41. The summed E-state index contributed by atoms with van der Waals surface area (Å²) in [7, 11) is 1.53. The van der Waals surface area contributed by atoms with Crippen LogP contribution in [-0.4, -0.2) is 36.0 Å². The van der Waals surface area contributed by atoms with Gasteiger partial charge in [-0.2, -0.15) is 0 Å². The quantitative estimate of drug-likeness (QED) is 0.662. The van der Waals surface area contributed by atoms with E-state index in [4.69, 9.17) is 0 Å². The Morgan fingerprint density at radius 1 is 1.12 bits per heavy atom. The molecule has 6 nitrogen and oxygen atoms in total. The van der Waals surface area contributed by atoms with Crippen molar-refractivity contribution in [3.63, 3.8) is 0 Å². The Balaban J connectivity index is 2.97. The summed E-state index contributed by atoms with van der Waals surface area (Å²) in [5, 5.41) is 15.0. The molecule has 2 amide bonds. The lowest BCUT2D eigenvalue weighted by atomic mass is 9.78. The first kappa shape index (κ1) is 20.5. The number of likely N-dealkylation sites (N-methyl/N-ethyl adjacent to an activating group) is 1. The molecule has 24 heavy (non-hydrogen) atoms. The fraction of sp³-hybridized carbons (Fsp3) is 0.833. The molecule has 3 N–H and O–H groups in total. The topological polar surface area (TPSA) is 95.5 Å². The van der Waals surface area contributed by atoms with Crippen LogP contribution in [-0.2, 0) is 14.4 Å². The zero-order chi connectivity index (χ0) is 18.5. The van der Waals surface area contributed by atoms with Gasteiger partial charge in [-0.25, -0.2) is 0 Å². The van der Waals surface area contributed by atoms with Crippen LogP contribution < -0.4 is 10.6 Å². The number of nitrogens with one attached hydrogen (secondary N) is 2. The van der Waals surface area contributed by atoms with E-state index < -0.39 is 29.3 Å². The van der Waals surface area contributed by atoms with Crippen LogP contribution in [0.3, 0.4) is 0 Å². The summed E-state index contributed by atoms with van der Waals surface area (Å²) in [4.78, 5) is 36.7. The van der Waals surface area contributed by atoms with Crippen LogP contribution in [0.2, 0.25) is 0 Å². The summed E-state index contributed by atoms with van der Waals surface area (Å²) >= 11 is 0. The molecule has 1 fully saturated rings. The van der Waals surface area contributed by atoms with Crippen LogP contribution >= 0.6 is 0 Å². The van der Waals surface area contributed by atoms with Gasteiger partial charge in [0.05, 0.1) is 11.8 Å². The number of rotatable bonds is 7. The van der Waals surface area contributed by atoms with Crippen LogP contribution in [0, 0.1) is 23.2 Å². The Hall–Kier alpha value is -1.59. The normalized spacial score (nSPS) is 19.4. The molecular weight excluding hydrogens is 308 g/mol. The summed E-state index contributed by atoms with van der Waals surface area (Å²) < 4.78 is 0. The maximum atomic E-state index is 12.8. The van der Waals surface area contributed by atoms with Gasteiger partial charge < -0.3 is 15.7 Å². The summed E-state index contributed by atoms with van der Waals surface area (Å²) in [6.45, 7) is 7.46. The third kappa shape index (κ3) is 4.95. The lowest BCUT2D eigenvalue weighted by Crippen LogP contribution is -2.55. The largest absolute Gasteiger partial charge is 0.481 e. The van der Waals surface area contributed by atoms with Gasteiger partial charge in [0.1, 0.15) is 6.04 Å². The van der Waals surface area contributed by atoms with Crippen LogP contribution in [0.15, 0.2) is 0 Å². The fourth-order valence-electron chi connectivity index (χ4n) is 3.69. The van der Waals surface area contributed by atoms with Crippen molar-refractivity contribution in [1.82, 2.24) is 10.6 Å². The zero-order valence-electron chi connectivity index (χ0n) is 15.5. The van der Waals surface area contributed by atoms with Crippen molar-refractivity contribution in [2.75, 3.05) is 7.05 Å². The van der Waals surface area contributed by atoms with Crippen LogP contribution in [0.5, 0.6) is 0 Å². The van der Waals surface area contributed by atoms with Gasteiger partial charge in [0, 0.05) is 7.05 Å². The van der Waals surface area contributed by atoms with E-state index in [-0.39, 0.29) is 17.7 Å². The molecule has 0 aromatic heterocycles. The molecular formula is C18H32N2O4. The molecule has 0 aromatic rings.